The van der Waals surface area contributed by atoms with E-state index in [9.17, 15) is 0 Å². The van der Waals surface area contributed by atoms with Crippen molar-refractivity contribution in [3.63, 3.8) is 0 Å². The average Bonchev–Trinajstić information content (AvgIpc) is 2.65. The highest BCUT2D eigenvalue weighted by molar-refractivity contribution is 14.1. The molecule has 2 rings (SSSR count). The normalized spacial score (nSPS) is 10.6. The van der Waals surface area contributed by atoms with Crippen molar-refractivity contribution in [2.24, 2.45) is 0 Å². The summed E-state index contributed by atoms with van der Waals surface area (Å²) in [7, 11) is 0. The average molecular weight is 357 g/mol. The fourth-order valence-electron chi connectivity index (χ4n) is 1.78. The molecule has 0 aliphatic rings. The molecule has 0 saturated carbocycles. The van der Waals surface area contributed by atoms with Crippen molar-refractivity contribution >= 4 is 28.4 Å². The number of nitrogens with one attached hydrogen (secondary N) is 1. The number of aromatic nitrogens is 4. The quantitative estimate of drug-likeness (QED) is 0.660. The van der Waals surface area contributed by atoms with Crippen molar-refractivity contribution in [1.29, 1.82) is 0 Å². The highest BCUT2D eigenvalue weighted by Gasteiger charge is 2.01. The van der Waals surface area contributed by atoms with Gasteiger partial charge >= 0.3 is 0 Å². The highest BCUT2D eigenvalue weighted by atomic mass is 127. The minimum Gasteiger partial charge on any atom is -0.369 e. The lowest BCUT2D eigenvalue weighted by Crippen LogP contribution is -2.10. The van der Waals surface area contributed by atoms with Gasteiger partial charge in [0.1, 0.15) is 12.1 Å². The van der Waals surface area contributed by atoms with Crippen LogP contribution < -0.4 is 5.32 Å². The molecule has 18 heavy (non-hydrogen) atoms. The van der Waals surface area contributed by atoms with Crippen LogP contribution in [0.3, 0.4) is 0 Å². The first-order chi connectivity index (χ1) is 8.66. The number of anilines is 1. The van der Waals surface area contributed by atoms with Crippen molar-refractivity contribution in [2.75, 3.05) is 11.9 Å². The van der Waals surface area contributed by atoms with Crippen molar-refractivity contribution in [1.82, 2.24) is 19.7 Å². The molecule has 0 spiro atoms. The molecule has 0 atom stereocenters. The fourth-order valence-corrected chi connectivity index (χ4v) is 2.27. The second kappa shape index (κ2) is 6.12. The van der Waals surface area contributed by atoms with E-state index in [4.69, 9.17) is 0 Å². The molecule has 0 aromatic carbocycles. The van der Waals surface area contributed by atoms with Crippen LogP contribution in [0.15, 0.2) is 18.6 Å². The largest absolute Gasteiger partial charge is 0.369 e. The van der Waals surface area contributed by atoms with Crippen LogP contribution in [0.2, 0.25) is 0 Å². The van der Waals surface area contributed by atoms with E-state index < -0.39 is 0 Å². The molecule has 0 aliphatic heterocycles. The lowest BCUT2D eigenvalue weighted by atomic mass is 10.4. The summed E-state index contributed by atoms with van der Waals surface area (Å²) in [5.74, 6) is 0.902. The minimum absolute atomic E-state index is 0.880. The van der Waals surface area contributed by atoms with Crippen LogP contribution in [-0.4, -0.2) is 26.3 Å². The molecule has 0 aliphatic carbocycles. The summed E-state index contributed by atoms with van der Waals surface area (Å²) < 4.78 is 3.09. The Bertz CT molecular complexity index is 523. The van der Waals surface area contributed by atoms with E-state index in [-0.39, 0.29) is 0 Å². The molecule has 96 valence electrons. The lowest BCUT2D eigenvalue weighted by Gasteiger charge is -2.07. The topological polar surface area (TPSA) is 55.6 Å². The van der Waals surface area contributed by atoms with E-state index in [0.29, 0.717) is 0 Å². The monoisotopic (exact) mass is 357 g/mol. The summed E-state index contributed by atoms with van der Waals surface area (Å²) in [6, 6.07) is 2.10. The SMILES string of the molecule is Cc1cc(C)n(CCCNc2ncncc2I)n1. The van der Waals surface area contributed by atoms with Gasteiger partial charge in [0.2, 0.25) is 0 Å². The van der Waals surface area contributed by atoms with Crippen molar-refractivity contribution in [3.05, 3.63) is 33.5 Å². The van der Waals surface area contributed by atoms with E-state index >= 15 is 0 Å². The molecule has 2 heterocycles. The van der Waals surface area contributed by atoms with Crippen LogP contribution in [0, 0.1) is 17.4 Å². The maximum atomic E-state index is 4.43. The molecule has 2 aromatic heterocycles. The molecule has 0 fully saturated rings. The lowest BCUT2D eigenvalue weighted by molar-refractivity contribution is 0.573. The van der Waals surface area contributed by atoms with E-state index in [1.54, 1.807) is 12.5 Å². The Morgan fingerprint density at radius 3 is 2.89 bits per heavy atom. The molecule has 2 aromatic rings. The molecular formula is C12H16IN5. The highest BCUT2D eigenvalue weighted by Crippen LogP contribution is 2.12. The van der Waals surface area contributed by atoms with Crippen LogP contribution in [0.5, 0.6) is 0 Å². The van der Waals surface area contributed by atoms with Crippen LogP contribution in [-0.2, 0) is 6.54 Å². The molecule has 6 heteroatoms. The predicted octanol–water partition coefficient (Wildman–Crippen LogP) is 2.40. The van der Waals surface area contributed by atoms with Gasteiger partial charge in [0.05, 0.1) is 9.26 Å². The molecule has 0 saturated heterocycles. The Labute approximate surface area is 120 Å². The molecule has 1 N–H and O–H groups in total. The summed E-state index contributed by atoms with van der Waals surface area (Å²) in [5.41, 5.74) is 2.29. The Kier molecular flexibility index (Phi) is 4.51. The third-order valence-corrected chi connectivity index (χ3v) is 3.40. The summed E-state index contributed by atoms with van der Waals surface area (Å²) in [4.78, 5) is 8.15. The number of rotatable bonds is 5. The standard InChI is InChI=1S/C12H16IN5/c1-9-6-10(2)18(17-9)5-3-4-15-12-11(13)7-14-8-16-12/h6-8H,3-5H2,1-2H3,(H,14,15,16). The van der Waals surface area contributed by atoms with Gasteiger partial charge in [-0.25, -0.2) is 9.97 Å². The number of hydrogen-bond acceptors (Lipinski definition) is 4. The van der Waals surface area contributed by atoms with E-state index in [2.05, 4.69) is 56.0 Å². The van der Waals surface area contributed by atoms with Crippen molar-refractivity contribution < 1.29 is 0 Å². The first-order valence-electron chi connectivity index (χ1n) is 5.87. The third kappa shape index (κ3) is 3.41. The van der Waals surface area contributed by atoms with Gasteiger partial charge in [0.25, 0.3) is 0 Å². The van der Waals surface area contributed by atoms with E-state index in [1.807, 2.05) is 11.6 Å². The number of halogens is 1. The van der Waals surface area contributed by atoms with Gasteiger partial charge in [0, 0.05) is 25.0 Å². The summed E-state index contributed by atoms with van der Waals surface area (Å²) in [5, 5.41) is 7.74. The minimum atomic E-state index is 0.880. The Hall–Kier alpha value is -1.18. The van der Waals surface area contributed by atoms with Gasteiger partial charge in [-0.15, -0.1) is 0 Å². The third-order valence-electron chi connectivity index (χ3n) is 2.61. The zero-order valence-corrected chi connectivity index (χ0v) is 12.7. The predicted molar refractivity (Wildman–Crippen MR) is 79.6 cm³/mol. The Morgan fingerprint density at radius 1 is 1.39 bits per heavy atom. The number of hydrogen-bond donors (Lipinski definition) is 1. The summed E-state index contributed by atoms with van der Waals surface area (Å²) >= 11 is 2.23. The maximum absolute atomic E-state index is 4.43. The van der Waals surface area contributed by atoms with Gasteiger partial charge in [-0.2, -0.15) is 5.10 Å². The van der Waals surface area contributed by atoms with Gasteiger partial charge < -0.3 is 5.32 Å². The molecule has 0 radical (unpaired) electrons. The molecule has 5 nitrogen and oxygen atoms in total. The second-order valence-corrected chi connectivity index (χ2v) is 5.31. The van der Waals surface area contributed by atoms with Gasteiger partial charge in [-0.05, 0) is 48.9 Å². The van der Waals surface area contributed by atoms with Crippen LogP contribution in [0.25, 0.3) is 0 Å². The van der Waals surface area contributed by atoms with Crippen LogP contribution >= 0.6 is 22.6 Å². The second-order valence-electron chi connectivity index (χ2n) is 4.15. The zero-order chi connectivity index (χ0) is 13.0. The molecule has 0 bridgehead atoms. The first kappa shape index (κ1) is 13.3. The van der Waals surface area contributed by atoms with Crippen molar-refractivity contribution in [2.45, 2.75) is 26.8 Å². The number of nitrogens with zero attached hydrogens (tertiary/aromatic N) is 4. The Morgan fingerprint density at radius 2 is 2.22 bits per heavy atom. The zero-order valence-electron chi connectivity index (χ0n) is 10.5. The fraction of sp³-hybridized carbons (Fsp3) is 0.417. The smallest absolute Gasteiger partial charge is 0.142 e. The molecule has 0 amide bonds. The van der Waals surface area contributed by atoms with Gasteiger partial charge in [-0.3, -0.25) is 4.68 Å². The van der Waals surface area contributed by atoms with E-state index in [1.165, 1.54) is 5.69 Å². The Balaban J connectivity index is 1.80. The number of aryl methyl sites for hydroxylation is 3. The van der Waals surface area contributed by atoms with Gasteiger partial charge in [-0.1, -0.05) is 0 Å². The van der Waals surface area contributed by atoms with Crippen molar-refractivity contribution in [3.8, 4) is 0 Å². The maximum Gasteiger partial charge on any atom is 0.142 e. The van der Waals surface area contributed by atoms with Gasteiger partial charge in [0.15, 0.2) is 0 Å². The molecular weight excluding hydrogens is 341 g/mol. The van der Waals surface area contributed by atoms with Crippen LogP contribution in [0.1, 0.15) is 17.8 Å². The molecule has 0 unspecified atom stereocenters. The summed E-state index contributed by atoms with van der Waals surface area (Å²) in [6.07, 6.45) is 4.38. The first-order valence-corrected chi connectivity index (χ1v) is 6.95. The summed E-state index contributed by atoms with van der Waals surface area (Å²) in [6.45, 7) is 5.91. The van der Waals surface area contributed by atoms with Crippen LogP contribution in [0.4, 0.5) is 5.82 Å². The van der Waals surface area contributed by atoms with E-state index in [0.717, 1.165) is 34.6 Å².